The van der Waals surface area contributed by atoms with E-state index in [1.165, 1.54) is 23.3 Å². The molecule has 4 rings (SSSR count). The minimum absolute atomic E-state index is 0.129. The van der Waals surface area contributed by atoms with Crippen LogP contribution in [0.15, 0.2) is 53.4 Å². The fourth-order valence-electron chi connectivity index (χ4n) is 3.94. The lowest BCUT2D eigenvalue weighted by Crippen LogP contribution is -2.46. The van der Waals surface area contributed by atoms with Crippen LogP contribution in [0.2, 0.25) is 0 Å². The molecule has 3 N–H and O–H groups in total. The molecular formula is C22H24N2O4S2. The Morgan fingerprint density at radius 1 is 1.10 bits per heavy atom. The Balaban J connectivity index is 1.56. The molecule has 6 nitrogen and oxygen atoms in total. The van der Waals surface area contributed by atoms with Gasteiger partial charge in [0.05, 0.1) is 4.90 Å². The van der Waals surface area contributed by atoms with Crippen LogP contribution in [0.25, 0.3) is 10.1 Å². The molecule has 0 saturated carbocycles. The number of amides is 1. The number of carbonyl (C=O) groups is 1. The number of aryl methyl sites for hydroxylation is 3. The fraction of sp³-hybridized carbons (Fsp3) is 0.318. The summed E-state index contributed by atoms with van der Waals surface area (Å²) in [6.07, 6.45) is 5.15. The van der Waals surface area contributed by atoms with E-state index in [1.54, 1.807) is 28.9 Å². The van der Waals surface area contributed by atoms with Crippen molar-refractivity contribution in [2.75, 3.05) is 0 Å². The van der Waals surface area contributed by atoms with Crippen molar-refractivity contribution in [3.8, 4) is 0 Å². The van der Waals surface area contributed by atoms with Crippen LogP contribution < -0.4 is 10.2 Å². The molecule has 0 aliphatic heterocycles. The third kappa shape index (κ3) is 4.41. The lowest BCUT2D eigenvalue weighted by Gasteiger charge is -2.17. The number of nitrogens with one attached hydrogen (secondary N) is 2. The summed E-state index contributed by atoms with van der Waals surface area (Å²) in [5.41, 5.74) is 3.90. The summed E-state index contributed by atoms with van der Waals surface area (Å²) in [6.45, 7) is 0. The highest BCUT2D eigenvalue weighted by Crippen LogP contribution is 2.37. The number of carbonyl (C=O) groups excluding carboxylic acids is 1. The zero-order chi connectivity index (χ0) is 21.1. The normalized spacial score (nSPS) is 15.0. The maximum absolute atomic E-state index is 13.0. The van der Waals surface area contributed by atoms with Crippen molar-refractivity contribution in [1.29, 1.82) is 0 Å². The van der Waals surface area contributed by atoms with Crippen LogP contribution in [-0.4, -0.2) is 25.6 Å². The molecule has 0 saturated heterocycles. The molecule has 1 atom stereocenters. The van der Waals surface area contributed by atoms with E-state index in [4.69, 9.17) is 5.21 Å². The lowest BCUT2D eigenvalue weighted by atomic mass is 9.96. The minimum atomic E-state index is -3.93. The standard InChI is InChI=1S/C22H24N2O4S2/c25-22(23-26)19(13-10-15-6-2-1-3-7-15)24-30(27,28)16-11-12-18-17-8-4-5-9-20(17)29-21(18)14-16/h1-3,6-7,11-12,14,19,24,26H,4-5,8-10,13H2,(H,23,25)/t19-/m1/s1. The Morgan fingerprint density at radius 2 is 1.87 bits per heavy atom. The molecule has 0 radical (unpaired) electrons. The largest absolute Gasteiger partial charge is 0.289 e. The summed E-state index contributed by atoms with van der Waals surface area (Å²) in [7, 11) is -3.93. The highest BCUT2D eigenvalue weighted by Gasteiger charge is 2.26. The van der Waals surface area contributed by atoms with Crippen LogP contribution in [0.1, 0.15) is 35.3 Å². The highest BCUT2D eigenvalue weighted by atomic mass is 32.2. The molecule has 0 unspecified atom stereocenters. The first-order valence-corrected chi connectivity index (χ1v) is 12.3. The molecule has 30 heavy (non-hydrogen) atoms. The number of hydrogen-bond donors (Lipinski definition) is 3. The number of benzene rings is 2. The van der Waals surface area contributed by atoms with Crippen molar-refractivity contribution in [1.82, 2.24) is 10.2 Å². The van der Waals surface area contributed by atoms with Gasteiger partial charge in [-0.15, -0.1) is 11.3 Å². The summed E-state index contributed by atoms with van der Waals surface area (Å²) >= 11 is 1.66. The first kappa shape index (κ1) is 21.0. The maximum atomic E-state index is 13.0. The zero-order valence-electron chi connectivity index (χ0n) is 16.4. The summed E-state index contributed by atoms with van der Waals surface area (Å²) in [4.78, 5) is 13.6. The molecule has 2 aromatic carbocycles. The molecule has 158 valence electrons. The summed E-state index contributed by atoms with van der Waals surface area (Å²) in [5.74, 6) is -0.776. The predicted octanol–water partition coefficient (Wildman–Crippen LogP) is 3.57. The molecule has 1 aliphatic rings. The summed E-state index contributed by atoms with van der Waals surface area (Å²) in [6, 6.07) is 13.6. The molecular weight excluding hydrogens is 420 g/mol. The molecule has 1 aromatic heterocycles. The molecule has 8 heteroatoms. The van der Waals surface area contributed by atoms with Crippen LogP contribution >= 0.6 is 11.3 Å². The molecule has 3 aromatic rings. The van der Waals surface area contributed by atoms with Gasteiger partial charge in [-0.2, -0.15) is 4.72 Å². The van der Waals surface area contributed by atoms with E-state index < -0.39 is 22.0 Å². The van der Waals surface area contributed by atoms with Crippen molar-refractivity contribution in [3.63, 3.8) is 0 Å². The second-order valence-corrected chi connectivity index (χ2v) is 10.4. The monoisotopic (exact) mass is 444 g/mol. The van der Waals surface area contributed by atoms with Crippen molar-refractivity contribution in [3.05, 3.63) is 64.5 Å². The number of hydrogen-bond acceptors (Lipinski definition) is 5. The molecule has 1 amide bonds. The molecule has 0 fully saturated rings. The number of hydroxylamine groups is 1. The Kier molecular flexibility index (Phi) is 6.19. The number of fused-ring (bicyclic) bond motifs is 3. The van der Waals surface area contributed by atoms with Crippen LogP contribution in [0.5, 0.6) is 0 Å². The minimum Gasteiger partial charge on any atom is -0.289 e. The van der Waals surface area contributed by atoms with Crippen molar-refractivity contribution < 1.29 is 18.4 Å². The van der Waals surface area contributed by atoms with E-state index in [0.717, 1.165) is 28.5 Å². The van der Waals surface area contributed by atoms with Crippen LogP contribution in [-0.2, 0) is 34.1 Å². The Labute approximate surface area is 179 Å². The molecule has 0 spiro atoms. The first-order valence-electron chi connectivity index (χ1n) is 10.0. The van der Waals surface area contributed by atoms with E-state index >= 15 is 0 Å². The van der Waals surface area contributed by atoms with Crippen molar-refractivity contribution in [2.45, 2.75) is 49.5 Å². The fourth-order valence-corrected chi connectivity index (χ4v) is 6.61. The van der Waals surface area contributed by atoms with Crippen molar-refractivity contribution >= 4 is 37.4 Å². The second kappa shape index (κ2) is 8.85. The molecule has 0 bridgehead atoms. The zero-order valence-corrected chi connectivity index (χ0v) is 18.1. The van der Waals surface area contributed by atoms with Crippen LogP contribution in [0.3, 0.4) is 0 Å². The van der Waals surface area contributed by atoms with E-state index in [0.29, 0.717) is 6.42 Å². The summed E-state index contributed by atoms with van der Waals surface area (Å²) in [5, 5.41) is 10.2. The SMILES string of the molecule is O=C(NO)[C@@H](CCc1ccccc1)NS(=O)(=O)c1ccc2c3c(sc2c1)CCCC3. The van der Waals surface area contributed by atoms with Gasteiger partial charge >= 0.3 is 0 Å². The van der Waals surface area contributed by atoms with E-state index in [9.17, 15) is 13.2 Å². The van der Waals surface area contributed by atoms with Gasteiger partial charge in [0.15, 0.2) is 0 Å². The highest BCUT2D eigenvalue weighted by molar-refractivity contribution is 7.89. The average molecular weight is 445 g/mol. The molecule has 1 aliphatic carbocycles. The van der Waals surface area contributed by atoms with E-state index in [2.05, 4.69) is 4.72 Å². The Hall–Kier alpha value is -2.26. The van der Waals surface area contributed by atoms with Gasteiger partial charge in [-0.1, -0.05) is 36.4 Å². The number of rotatable bonds is 7. The first-order chi connectivity index (χ1) is 14.5. The third-order valence-corrected chi connectivity index (χ3v) is 8.25. The van der Waals surface area contributed by atoms with Crippen molar-refractivity contribution in [2.24, 2.45) is 0 Å². The number of sulfonamides is 1. The van der Waals surface area contributed by atoms with Gasteiger partial charge in [-0.3, -0.25) is 10.0 Å². The Morgan fingerprint density at radius 3 is 2.63 bits per heavy atom. The van der Waals surface area contributed by atoms with Crippen LogP contribution in [0, 0.1) is 0 Å². The van der Waals surface area contributed by atoms with E-state index in [1.807, 2.05) is 36.4 Å². The van der Waals surface area contributed by atoms with Gasteiger partial charge in [0.25, 0.3) is 5.91 Å². The van der Waals surface area contributed by atoms with Gasteiger partial charge < -0.3 is 0 Å². The van der Waals surface area contributed by atoms with Gasteiger partial charge in [0.1, 0.15) is 6.04 Å². The number of thiophene rings is 1. The van der Waals surface area contributed by atoms with Gasteiger partial charge in [-0.25, -0.2) is 13.9 Å². The summed E-state index contributed by atoms with van der Waals surface area (Å²) < 4.78 is 29.4. The topological polar surface area (TPSA) is 95.5 Å². The van der Waals surface area contributed by atoms with Gasteiger partial charge in [-0.05, 0) is 67.2 Å². The van der Waals surface area contributed by atoms with Gasteiger partial charge in [0.2, 0.25) is 10.0 Å². The lowest BCUT2D eigenvalue weighted by molar-refractivity contribution is -0.131. The van der Waals surface area contributed by atoms with Crippen LogP contribution in [0.4, 0.5) is 0 Å². The quantitative estimate of drug-likeness (QED) is 0.384. The molecule has 1 heterocycles. The van der Waals surface area contributed by atoms with Gasteiger partial charge in [0, 0.05) is 9.58 Å². The Bertz CT molecular complexity index is 1160. The second-order valence-electron chi connectivity index (χ2n) is 7.54. The average Bonchev–Trinajstić information content (AvgIpc) is 3.14. The predicted molar refractivity (Wildman–Crippen MR) is 117 cm³/mol. The maximum Gasteiger partial charge on any atom is 0.261 e. The third-order valence-electron chi connectivity index (χ3n) is 5.53. The van der Waals surface area contributed by atoms with E-state index in [-0.39, 0.29) is 11.3 Å². The smallest absolute Gasteiger partial charge is 0.261 e.